The van der Waals surface area contributed by atoms with Crippen LogP contribution in [0.25, 0.3) is 22.9 Å². The van der Waals surface area contributed by atoms with Crippen molar-refractivity contribution in [1.82, 2.24) is 0 Å². The summed E-state index contributed by atoms with van der Waals surface area (Å²) >= 11 is 0. The molecule has 0 aromatic heterocycles. The highest BCUT2D eigenvalue weighted by atomic mass is 16.5. The highest BCUT2D eigenvalue weighted by Gasteiger charge is 2.15. The lowest BCUT2D eigenvalue weighted by Gasteiger charge is -2.27. The van der Waals surface area contributed by atoms with Crippen molar-refractivity contribution in [3.05, 3.63) is 179 Å². The fourth-order valence-corrected chi connectivity index (χ4v) is 5.89. The van der Waals surface area contributed by atoms with Crippen molar-refractivity contribution >= 4 is 45.7 Å². The molecule has 5 aromatic rings. The molecule has 0 bridgehead atoms. The van der Waals surface area contributed by atoms with Gasteiger partial charge in [-0.05, 0) is 97.1 Å². The molecular weight excluding hydrogens is 601 g/mol. The van der Waals surface area contributed by atoms with Crippen LogP contribution in [0.2, 0.25) is 0 Å². The average Bonchev–Trinajstić information content (AvgIpc) is 3.16. The molecule has 0 atom stereocenters. The molecule has 5 nitrogen and oxygen atoms in total. The molecule has 0 N–H and O–H groups in total. The van der Waals surface area contributed by atoms with Crippen LogP contribution >= 0.6 is 0 Å². The van der Waals surface area contributed by atoms with Gasteiger partial charge in [0.2, 0.25) is 0 Å². The molecule has 0 saturated carbocycles. The molecular formula is C44H36N4O. The molecule has 5 aromatic carbocycles. The lowest BCUT2D eigenvalue weighted by atomic mass is 10.0. The second-order valence-electron chi connectivity index (χ2n) is 11.4. The van der Waals surface area contributed by atoms with Gasteiger partial charge in [-0.2, -0.15) is 10.5 Å². The molecule has 0 fully saturated rings. The molecule has 0 unspecified atom stereocenters. The Morgan fingerprint density at radius 1 is 0.592 bits per heavy atom. The second kappa shape index (κ2) is 15.4. The molecule has 238 valence electrons. The highest BCUT2D eigenvalue weighted by Crippen LogP contribution is 2.38. The Bertz CT molecular complexity index is 2150. The van der Waals surface area contributed by atoms with Crippen molar-refractivity contribution in [2.24, 2.45) is 0 Å². The number of anilines is 4. The number of benzene rings is 5. The summed E-state index contributed by atoms with van der Waals surface area (Å²) in [4.78, 5) is 4.56. The van der Waals surface area contributed by atoms with Crippen molar-refractivity contribution in [2.45, 2.75) is 13.8 Å². The van der Waals surface area contributed by atoms with E-state index in [0.717, 1.165) is 41.3 Å². The first-order valence-electron chi connectivity index (χ1n) is 16.4. The number of ether oxygens (including phenoxy) is 1. The van der Waals surface area contributed by atoms with Crippen LogP contribution in [0.1, 0.15) is 25.0 Å². The van der Waals surface area contributed by atoms with Gasteiger partial charge < -0.3 is 14.5 Å². The number of hydrogen-bond acceptors (Lipinski definition) is 5. The number of nitriles is 2. The van der Waals surface area contributed by atoms with Gasteiger partial charge >= 0.3 is 0 Å². The maximum Gasteiger partial charge on any atom is 0.137 e. The van der Waals surface area contributed by atoms with Crippen LogP contribution in [0.15, 0.2) is 168 Å². The first-order chi connectivity index (χ1) is 24.1. The smallest absolute Gasteiger partial charge is 0.137 e. The van der Waals surface area contributed by atoms with Gasteiger partial charge in [0.1, 0.15) is 29.2 Å². The fourth-order valence-electron chi connectivity index (χ4n) is 5.89. The maximum atomic E-state index is 9.60. The summed E-state index contributed by atoms with van der Waals surface area (Å²) in [7, 11) is 0. The van der Waals surface area contributed by atoms with Crippen LogP contribution in [0.5, 0.6) is 0 Å². The second-order valence-corrected chi connectivity index (χ2v) is 11.4. The number of allylic oxidation sites excluding steroid dienone is 6. The Hall–Kier alpha value is -6.56. The normalized spacial score (nSPS) is 12.6. The van der Waals surface area contributed by atoms with Gasteiger partial charge in [-0.1, -0.05) is 91.0 Å². The third-order valence-electron chi connectivity index (χ3n) is 8.42. The Morgan fingerprint density at radius 3 is 1.71 bits per heavy atom. The van der Waals surface area contributed by atoms with Crippen molar-refractivity contribution in [2.75, 3.05) is 22.9 Å². The predicted molar refractivity (Wildman–Crippen MR) is 202 cm³/mol. The van der Waals surface area contributed by atoms with Gasteiger partial charge in [-0.3, -0.25) is 0 Å². The molecule has 0 aliphatic carbocycles. The molecule has 1 aliphatic rings. The van der Waals surface area contributed by atoms with Crippen LogP contribution in [-0.2, 0) is 4.74 Å². The Kier molecular flexibility index (Phi) is 10.1. The van der Waals surface area contributed by atoms with E-state index in [1.807, 2.05) is 42.5 Å². The van der Waals surface area contributed by atoms with Crippen molar-refractivity contribution in [3.8, 4) is 12.1 Å². The van der Waals surface area contributed by atoms with E-state index in [2.05, 4.69) is 139 Å². The minimum absolute atomic E-state index is 0.0301. The third-order valence-corrected chi connectivity index (χ3v) is 8.42. The minimum Gasteiger partial charge on any atom is -0.457 e. The quantitative estimate of drug-likeness (QED) is 0.143. The van der Waals surface area contributed by atoms with E-state index in [1.54, 1.807) is 12.2 Å². The van der Waals surface area contributed by atoms with Crippen molar-refractivity contribution < 1.29 is 4.74 Å². The highest BCUT2D eigenvalue weighted by molar-refractivity contribution is 5.98. The van der Waals surface area contributed by atoms with Gasteiger partial charge in [0.25, 0.3) is 0 Å². The zero-order chi connectivity index (χ0) is 34.0. The molecule has 5 heteroatoms. The summed E-state index contributed by atoms with van der Waals surface area (Å²) in [6.45, 7) is 6.19. The van der Waals surface area contributed by atoms with E-state index in [4.69, 9.17) is 4.74 Å². The number of fused-ring (bicyclic) bond motifs is 1. The van der Waals surface area contributed by atoms with Crippen LogP contribution in [0, 0.1) is 22.7 Å². The number of nitrogens with zero attached hydrogens (tertiary/aromatic N) is 4. The summed E-state index contributed by atoms with van der Waals surface area (Å²) < 4.78 is 6.19. The molecule has 1 heterocycles. The van der Waals surface area contributed by atoms with Gasteiger partial charge in [-0.15, -0.1) is 0 Å². The van der Waals surface area contributed by atoms with Crippen LogP contribution in [0.4, 0.5) is 22.7 Å². The van der Waals surface area contributed by atoms with Crippen LogP contribution < -0.4 is 9.80 Å². The molecule has 0 radical (unpaired) electrons. The Labute approximate surface area is 288 Å². The average molecular weight is 637 g/mol. The van der Waals surface area contributed by atoms with E-state index in [1.165, 1.54) is 16.5 Å². The summed E-state index contributed by atoms with van der Waals surface area (Å²) in [6, 6.07) is 45.9. The molecule has 6 rings (SSSR count). The van der Waals surface area contributed by atoms with Gasteiger partial charge in [0.05, 0.1) is 5.69 Å². The molecule has 0 amide bonds. The SMILES string of the molecule is CCN(CC)c1ccc(/C=C/C2=CC(=C(C#N)C#N)C=C(/C=C/c3ccc(N(c4ccccc4)c4cccc5ccccc45)cc3)O2)cc1. The summed E-state index contributed by atoms with van der Waals surface area (Å²) in [5, 5.41) is 21.6. The van der Waals surface area contributed by atoms with E-state index in [-0.39, 0.29) is 5.57 Å². The third kappa shape index (κ3) is 7.54. The van der Waals surface area contributed by atoms with Gasteiger partial charge in [-0.25, -0.2) is 0 Å². The zero-order valence-corrected chi connectivity index (χ0v) is 27.6. The van der Waals surface area contributed by atoms with Gasteiger partial charge in [0.15, 0.2) is 0 Å². The first kappa shape index (κ1) is 32.4. The van der Waals surface area contributed by atoms with E-state index < -0.39 is 0 Å². The molecule has 0 spiro atoms. The summed E-state index contributed by atoms with van der Waals surface area (Å²) in [6.07, 6.45) is 11.1. The number of rotatable bonds is 10. The largest absolute Gasteiger partial charge is 0.457 e. The van der Waals surface area contributed by atoms with Crippen LogP contribution in [0.3, 0.4) is 0 Å². The lowest BCUT2D eigenvalue weighted by molar-refractivity contribution is 0.332. The predicted octanol–water partition coefficient (Wildman–Crippen LogP) is 11.0. The summed E-state index contributed by atoms with van der Waals surface area (Å²) in [5.41, 5.74) is 6.92. The standard InChI is InChI=1S/C44H36N4O/c1-3-47(4-2)38-23-17-33(18-24-38)21-27-41-29-36(37(31-45)32-46)30-42(49-41)28-22-34-19-25-40(26-20-34)48(39-13-6-5-7-14-39)44-16-10-12-35-11-8-9-15-43(35)44/h5-30H,3-4H2,1-2H3/b27-21+,28-22+. The Morgan fingerprint density at radius 2 is 1.12 bits per heavy atom. The molecule has 0 saturated heterocycles. The molecule has 1 aliphatic heterocycles. The Balaban J connectivity index is 1.25. The lowest BCUT2D eigenvalue weighted by Crippen LogP contribution is -2.21. The molecule has 49 heavy (non-hydrogen) atoms. The van der Waals surface area contributed by atoms with Gasteiger partial charge in [0, 0.05) is 41.1 Å². The monoisotopic (exact) mass is 636 g/mol. The fraction of sp³-hybridized carbons (Fsp3) is 0.0909. The zero-order valence-electron chi connectivity index (χ0n) is 27.6. The van der Waals surface area contributed by atoms with Crippen LogP contribution in [-0.4, -0.2) is 13.1 Å². The minimum atomic E-state index is 0.0301. The van der Waals surface area contributed by atoms with Crippen molar-refractivity contribution in [3.63, 3.8) is 0 Å². The van der Waals surface area contributed by atoms with Crippen molar-refractivity contribution in [1.29, 1.82) is 10.5 Å². The van der Waals surface area contributed by atoms with E-state index >= 15 is 0 Å². The number of hydrogen-bond donors (Lipinski definition) is 0. The number of para-hydroxylation sites is 1. The summed E-state index contributed by atoms with van der Waals surface area (Å²) in [5.74, 6) is 1.07. The topological polar surface area (TPSA) is 63.3 Å². The maximum absolute atomic E-state index is 9.60. The van der Waals surface area contributed by atoms with E-state index in [0.29, 0.717) is 17.1 Å². The van der Waals surface area contributed by atoms with E-state index in [9.17, 15) is 10.5 Å². The first-order valence-corrected chi connectivity index (χ1v) is 16.4.